The molecule has 1 aromatic heterocycles. The molecule has 1 atom stereocenters. The summed E-state index contributed by atoms with van der Waals surface area (Å²) in [6.07, 6.45) is 0.697. The van der Waals surface area contributed by atoms with Crippen LogP contribution in [0.25, 0.3) is 0 Å². The zero-order valence-electron chi connectivity index (χ0n) is 11.4. The Labute approximate surface area is 108 Å². The Balaban J connectivity index is 0.00000137. The first-order chi connectivity index (χ1) is 8.54. The van der Waals surface area contributed by atoms with Gasteiger partial charge in [0.25, 0.3) is 5.91 Å². The molecule has 1 heterocycles. The van der Waals surface area contributed by atoms with Gasteiger partial charge in [-0.05, 0) is 18.6 Å². The van der Waals surface area contributed by atoms with Gasteiger partial charge in [0.05, 0.1) is 12.7 Å². The number of aromatic nitrogens is 1. The number of carbonyl (C=O) groups excluding carboxylic acids is 1. The van der Waals surface area contributed by atoms with Gasteiger partial charge in [-0.25, -0.2) is 0 Å². The Kier molecular flexibility index (Phi) is 7.91. The fourth-order valence-corrected chi connectivity index (χ4v) is 1.25. The van der Waals surface area contributed by atoms with E-state index in [1.807, 2.05) is 20.8 Å². The van der Waals surface area contributed by atoms with Crippen LogP contribution in [0.3, 0.4) is 0 Å². The molecule has 5 heteroatoms. The molecule has 0 aliphatic rings. The van der Waals surface area contributed by atoms with Crippen LogP contribution in [0.4, 0.5) is 0 Å². The number of amides is 1. The molecule has 0 aromatic carbocycles. The third kappa shape index (κ3) is 5.25. The van der Waals surface area contributed by atoms with Crippen LogP contribution in [0, 0.1) is 6.92 Å². The van der Waals surface area contributed by atoms with Gasteiger partial charge in [-0.2, -0.15) is 0 Å². The lowest BCUT2D eigenvalue weighted by atomic mass is 10.2. The molecule has 2 N–H and O–H groups in total. The van der Waals surface area contributed by atoms with Crippen LogP contribution in [-0.4, -0.2) is 52.3 Å². The highest BCUT2D eigenvalue weighted by Crippen LogP contribution is 2.02. The SMILES string of the molecule is CC.Cc1ccc(C(=O)N(C)CC(O)CO)nc1. The summed E-state index contributed by atoms with van der Waals surface area (Å²) in [4.78, 5) is 17.1. The van der Waals surface area contributed by atoms with E-state index in [1.54, 1.807) is 25.4 Å². The van der Waals surface area contributed by atoms with Crippen LogP contribution in [0.15, 0.2) is 18.3 Å². The molecule has 0 radical (unpaired) electrons. The number of nitrogens with zero attached hydrogens (tertiary/aromatic N) is 2. The van der Waals surface area contributed by atoms with E-state index in [-0.39, 0.29) is 19.1 Å². The van der Waals surface area contributed by atoms with Crippen LogP contribution in [-0.2, 0) is 0 Å². The monoisotopic (exact) mass is 254 g/mol. The maximum absolute atomic E-state index is 11.8. The number of likely N-dealkylation sites (N-methyl/N-ethyl adjacent to an activating group) is 1. The Hall–Kier alpha value is -1.46. The molecule has 0 spiro atoms. The van der Waals surface area contributed by atoms with Crippen LogP contribution in [0.5, 0.6) is 0 Å². The van der Waals surface area contributed by atoms with Gasteiger partial charge in [0, 0.05) is 19.8 Å². The van der Waals surface area contributed by atoms with Gasteiger partial charge in [-0.3, -0.25) is 9.78 Å². The molecule has 0 aliphatic heterocycles. The molecule has 0 fully saturated rings. The summed E-state index contributed by atoms with van der Waals surface area (Å²) in [5, 5.41) is 17.9. The molecular formula is C13H22N2O3. The summed E-state index contributed by atoms with van der Waals surface area (Å²) in [7, 11) is 1.56. The number of carbonyl (C=O) groups is 1. The van der Waals surface area contributed by atoms with E-state index in [2.05, 4.69) is 4.98 Å². The topological polar surface area (TPSA) is 73.7 Å². The number of rotatable bonds is 4. The van der Waals surface area contributed by atoms with E-state index in [0.29, 0.717) is 5.69 Å². The van der Waals surface area contributed by atoms with Crippen molar-refractivity contribution in [3.05, 3.63) is 29.6 Å². The first-order valence-electron chi connectivity index (χ1n) is 6.01. The summed E-state index contributed by atoms with van der Waals surface area (Å²) in [6.45, 7) is 5.62. The van der Waals surface area contributed by atoms with Crippen molar-refractivity contribution in [3.63, 3.8) is 0 Å². The second-order valence-corrected chi connectivity index (χ2v) is 3.74. The van der Waals surface area contributed by atoms with Crippen molar-refractivity contribution in [2.45, 2.75) is 26.9 Å². The third-order valence-electron chi connectivity index (χ3n) is 2.17. The molecule has 1 aromatic rings. The second-order valence-electron chi connectivity index (χ2n) is 3.74. The molecule has 0 aliphatic carbocycles. The number of aliphatic hydroxyl groups excluding tert-OH is 2. The maximum atomic E-state index is 11.8. The number of aryl methyl sites for hydroxylation is 1. The summed E-state index contributed by atoms with van der Waals surface area (Å²) >= 11 is 0. The molecule has 0 saturated heterocycles. The number of hydrogen-bond donors (Lipinski definition) is 2. The second kappa shape index (κ2) is 8.60. The zero-order chi connectivity index (χ0) is 14.1. The lowest BCUT2D eigenvalue weighted by molar-refractivity contribution is 0.0516. The highest BCUT2D eigenvalue weighted by atomic mass is 16.3. The van der Waals surface area contributed by atoms with Gasteiger partial charge in [0.2, 0.25) is 0 Å². The maximum Gasteiger partial charge on any atom is 0.272 e. The third-order valence-corrected chi connectivity index (χ3v) is 2.17. The summed E-state index contributed by atoms with van der Waals surface area (Å²) in [6, 6.07) is 3.44. The molecule has 1 rings (SSSR count). The highest BCUT2D eigenvalue weighted by Gasteiger charge is 2.15. The van der Waals surface area contributed by atoms with Crippen molar-refractivity contribution in [1.29, 1.82) is 0 Å². The van der Waals surface area contributed by atoms with Crippen molar-refractivity contribution in [2.24, 2.45) is 0 Å². The van der Waals surface area contributed by atoms with E-state index in [9.17, 15) is 9.90 Å². The average molecular weight is 254 g/mol. The Morgan fingerprint density at radius 2 is 2.06 bits per heavy atom. The van der Waals surface area contributed by atoms with Gasteiger partial charge >= 0.3 is 0 Å². The first kappa shape index (κ1) is 16.5. The molecule has 18 heavy (non-hydrogen) atoms. The van der Waals surface area contributed by atoms with E-state index in [1.165, 1.54) is 4.90 Å². The smallest absolute Gasteiger partial charge is 0.272 e. The summed E-state index contributed by atoms with van der Waals surface area (Å²) in [5.74, 6) is -0.271. The molecule has 0 saturated carbocycles. The van der Waals surface area contributed by atoms with Crippen molar-refractivity contribution < 1.29 is 15.0 Å². The van der Waals surface area contributed by atoms with Gasteiger partial charge in [0.15, 0.2) is 0 Å². The van der Waals surface area contributed by atoms with E-state index < -0.39 is 6.10 Å². The highest BCUT2D eigenvalue weighted by molar-refractivity contribution is 5.92. The normalized spacial score (nSPS) is 11.2. The predicted octanol–water partition coefficient (Wildman–Crippen LogP) is 0.841. The van der Waals surface area contributed by atoms with Gasteiger partial charge in [-0.15, -0.1) is 0 Å². The standard InChI is InChI=1S/C11H16N2O3.C2H6/c1-8-3-4-10(12-5-8)11(16)13(2)6-9(15)7-14;1-2/h3-5,9,14-15H,6-7H2,1-2H3;1-2H3. The minimum atomic E-state index is -0.917. The van der Waals surface area contributed by atoms with Crippen molar-refractivity contribution >= 4 is 5.91 Å². The van der Waals surface area contributed by atoms with E-state index in [0.717, 1.165) is 5.56 Å². The van der Waals surface area contributed by atoms with E-state index in [4.69, 9.17) is 5.11 Å². The van der Waals surface area contributed by atoms with Crippen LogP contribution in [0.1, 0.15) is 29.9 Å². The Morgan fingerprint density at radius 1 is 1.44 bits per heavy atom. The molecule has 1 unspecified atom stereocenters. The average Bonchev–Trinajstić information content (AvgIpc) is 2.40. The van der Waals surface area contributed by atoms with Gasteiger partial charge in [0.1, 0.15) is 5.69 Å². The molecule has 0 bridgehead atoms. The molecule has 5 nitrogen and oxygen atoms in total. The molecular weight excluding hydrogens is 232 g/mol. The van der Waals surface area contributed by atoms with Crippen LogP contribution < -0.4 is 0 Å². The fraction of sp³-hybridized carbons (Fsp3) is 0.538. The predicted molar refractivity (Wildman–Crippen MR) is 70.4 cm³/mol. The van der Waals surface area contributed by atoms with Crippen molar-refractivity contribution in [3.8, 4) is 0 Å². The van der Waals surface area contributed by atoms with Gasteiger partial charge in [-0.1, -0.05) is 19.9 Å². The lowest BCUT2D eigenvalue weighted by Gasteiger charge is -2.19. The quantitative estimate of drug-likeness (QED) is 0.835. The lowest BCUT2D eigenvalue weighted by Crippen LogP contribution is -2.36. The van der Waals surface area contributed by atoms with Crippen LogP contribution in [0.2, 0.25) is 0 Å². The minimum Gasteiger partial charge on any atom is -0.394 e. The van der Waals surface area contributed by atoms with Crippen molar-refractivity contribution in [2.75, 3.05) is 20.2 Å². The number of aliphatic hydroxyl groups is 2. The molecule has 102 valence electrons. The Bertz CT molecular complexity index is 352. The summed E-state index contributed by atoms with van der Waals surface area (Å²) in [5.41, 5.74) is 1.31. The number of pyridine rings is 1. The fourth-order valence-electron chi connectivity index (χ4n) is 1.25. The van der Waals surface area contributed by atoms with E-state index >= 15 is 0 Å². The Morgan fingerprint density at radius 3 is 2.50 bits per heavy atom. The zero-order valence-corrected chi connectivity index (χ0v) is 11.4. The first-order valence-corrected chi connectivity index (χ1v) is 6.01. The minimum absolute atomic E-state index is 0.0882. The number of hydrogen-bond acceptors (Lipinski definition) is 4. The molecule has 1 amide bonds. The largest absolute Gasteiger partial charge is 0.394 e. The van der Waals surface area contributed by atoms with Crippen molar-refractivity contribution in [1.82, 2.24) is 9.88 Å². The van der Waals surface area contributed by atoms with Gasteiger partial charge < -0.3 is 15.1 Å². The summed E-state index contributed by atoms with van der Waals surface area (Å²) < 4.78 is 0. The van der Waals surface area contributed by atoms with Crippen LogP contribution >= 0.6 is 0 Å².